The Morgan fingerprint density at radius 3 is 2.76 bits per heavy atom. The van der Waals surface area contributed by atoms with Gasteiger partial charge in [0.1, 0.15) is 12.7 Å². The lowest BCUT2D eigenvalue weighted by Crippen LogP contribution is -2.66. The topological polar surface area (TPSA) is 129 Å². The number of amides is 1. The van der Waals surface area contributed by atoms with E-state index in [0.717, 1.165) is 6.07 Å². The predicted octanol–water partition coefficient (Wildman–Crippen LogP) is 3.36. The van der Waals surface area contributed by atoms with Crippen LogP contribution < -0.4 is 9.47 Å². The molecule has 1 aliphatic rings. The zero-order chi connectivity index (χ0) is 24.2. The summed E-state index contributed by atoms with van der Waals surface area (Å²) in [5, 5.41) is 28.7. The van der Waals surface area contributed by atoms with Crippen LogP contribution in [0.2, 0.25) is 0 Å². The SMILES string of the molecule is CC(C)(C)[C@@]1(CO)C[C@@H](Oc2ccnc(COc3ccc(C#N)cc3F)n2)CCN1C(=O)O. The van der Waals surface area contributed by atoms with Crippen molar-refractivity contribution < 1.29 is 28.9 Å². The summed E-state index contributed by atoms with van der Waals surface area (Å²) in [5.74, 6) is -0.140. The average Bonchev–Trinajstić information content (AvgIpc) is 2.77. The lowest BCUT2D eigenvalue weighted by Gasteiger charge is -2.54. The number of carboxylic acid groups (broad SMARTS) is 1. The molecule has 10 heteroatoms. The Morgan fingerprint density at radius 1 is 1.39 bits per heavy atom. The minimum Gasteiger partial charge on any atom is -0.483 e. The average molecular weight is 458 g/mol. The molecule has 2 N–H and O–H groups in total. The molecule has 1 amide bonds. The monoisotopic (exact) mass is 458 g/mol. The summed E-state index contributed by atoms with van der Waals surface area (Å²) in [4.78, 5) is 21.6. The molecule has 0 saturated carbocycles. The van der Waals surface area contributed by atoms with Gasteiger partial charge in [-0.05, 0) is 23.6 Å². The third kappa shape index (κ3) is 5.14. The Kier molecular flexibility index (Phi) is 7.03. The number of aliphatic hydroxyl groups excluding tert-OH is 1. The molecule has 0 spiro atoms. The van der Waals surface area contributed by atoms with Gasteiger partial charge in [0.2, 0.25) is 5.88 Å². The number of hydrogen-bond donors (Lipinski definition) is 2. The molecule has 33 heavy (non-hydrogen) atoms. The summed E-state index contributed by atoms with van der Waals surface area (Å²) in [7, 11) is 0. The molecule has 0 unspecified atom stereocenters. The van der Waals surface area contributed by atoms with E-state index in [1.54, 1.807) is 6.07 Å². The molecule has 0 bridgehead atoms. The number of nitrogens with zero attached hydrogens (tertiary/aromatic N) is 4. The van der Waals surface area contributed by atoms with Crippen LogP contribution in [0, 0.1) is 22.6 Å². The van der Waals surface area contributed by atoms with Gasteiger partial charge in [-0.25, -0.2) is 14.2 Å². The summed E-state index contributed by atoms with van der Waals surface area (Å²) in [6, 6.07) is 7.33. The van der Waals surface area contributed by atoms with Crippen molar-refractivity contribution in [2.45, 2.75) is 51.9 Å². The second kappa shape index (κ2) is 9.58. The lowest BCUT2D eigenvalue weighted by molar-refractivity contribution is -0.0880. The zero-order valence-corrected chi connectivity index (χ0v) is 18.8. The molecule has 1 aliphatic heterocycles. The van der Waals surface area contributed by atoms with E-state index in [0.29, 0.717) is 12.8 Å². The molecule has 2 heterocycles. The third-order valence-corrected chi connectivity index (χ3v) is 6.03. The number of piperidine rings is 1. The van der Waals surface area contributed by atoms with Gasteiger partial charge in [0.05, 0.1) is 23.8 Å². The maximum atomic E-state index is 14.0. The first-order valence-electron chi connectivity index (χ1n) is 10.5. The van der Waals surface area contributed by atoms with Crippen LogP contribution >= 0.6 is 0 Å². The first-order chi connectivity index (χ1) is 15.6. The van der Waals surface area contributed by atoms with Crippen LogP contribution in [0.4, 0.5) is 9.18 Å². The Labute approximate surface area is 191 Å². The molecule has 2 aromatic rings. The summed E-state index contributed by atoms with van der Waals surface area (Å²) >= 11 is 0. The van der Waals surface area contributed by atoms with E-state index in [2.05, 4.69) is 9.97 Å². The number of benzene rings is 1. The summed E-state index contributed by atoms with van der Waals surface area (Å²) in [5.41, 5.74) is -1.35. The first kappa shape index (κ1) is 24.2. The van der Waals surface area contributed by atoms with Crippen molar-refractivity contribution in [3.05, 3.63) is 47.7 Å². The molecule has 3 rings (SSSR count). The molecule has 2 atom stereocenters. The maximum absolute atomic E-state index is 14.0. The third-order valence-electron chi connectivity index (χ3n) is 6.03. The second-order valence-electron chi connectivity index (χ2n) is 8.96. The number of likely N-dealkylation sites (tertiary alicyclic amines) is 1. The molecule has 1 aromatic heterocycles. The van der Waals surface area contributed by atoms with E-state index >= 15 is 0 Å². The fraction of sp³-hybridized carbons (Fsp3) is 0.478. The number of nitriles is 1. The quantitative estimate of drug-likeness (QED) is 0.674. The van der Waals surface area contributed by atoms with Crippen LogP contribution in [-0.2, 0) is 6.61 Å². The Hall–Kier alpha value is -3.45. The highest BCUT2D eigenvalue weighted by molar-refractivity contribution is 5.66. The van der Waals surface area contributed by atoms with E-state index in [9.17, 15) is 19.4 Å². The van der Waals surface area contributed by atoms with Gasteiger partial charge in [-0.3, -0.25) is 4.90 Å². The van der Waals surface area contributed by atoms with Crippen LogP contribution in [0.3, 0.4) is 0 Å². The van der Waals surface area contributed by atoms with Crippen molar-refractivity contribution in [1.82, 2.24) is 14.9 Å². The number of hydrogen-bond acceptors (Lipinski definition) is 7. The van der Waals surface area contributed by atoms with Gasteiger partial charge < -0.3 is 19.7 Å². The smallest absolute Gasteiger partial charge is 0.407 e. The minimum atomic E-state index is -1.08. The van der Waals surface area contributed by atoms with Gasteiger partial charge in [0.25, 0.3) is 0 Å². The van der Waals surface area contributed by atoms with Crippen molar-refractivity contribution in [3.8, 4) is 17.7 Å². The van der Waals surface area contributed by atoms with Crippen molar-refractivity contribution in [3.63, 3.8) is 0 Å². The summed E-state index contributed by atoms with van der Waals surface area (Å²) in [6.45, 7) is 5.45. The standard InChI is InChI=1S/C23H27FN4O5/c1-22(2,3)23(14-29)11-16(7-9-28(23)21(30)31)33-20-6-8-26-19(27-20)13-32-18-5-4-15(12-25)10-17(18)24/h4-6,8,10,16,29H,7,9,11,13-14H2,1-3H3,(H,30,31)/t16-,23-/m0/s1. The zero-order valence-electron chi connectivity index (χ0n) is 18.8. The maximum Gasteiger partial charge on any atom is 0.407 e. The van der Waals surface area contributed by atoms with E-state index in [4.69, 9.17) is 14.7 Å². The highest BCUT2D eigenvalue weighted by atomic mass is 19.1. The number of aromatic nitrogens is 2. The van der Waals surface area contributed by atoms with Crippen molar-refractivity contribution in [2.75, 3.05) is 13.2 Å². The van der Waals surface area contributed by atoms with Crippen LogP contribution in [-0.4, -0.2) is 56.0 Å². The van der Waals surface area contributed by atoms with E-state index in [1.807, 2.05) is 26.8 Å². The molecular formula is C23H27FN4O5. The molecule has 1 saturated heterocycles. The molecule has 0 aliphatic carbocycles. The number of rotatable bonds is 6. The molecule has 0 radical (unpaired) electrons. The number of halogens is 1. The van der Waals surface area contributed by atoms with E-state index < -0.39 is 22.9 Å². The molecule has 1 fully saturated rings. The Balaban J connectivity index is 1.71. The van der Waals surface area contributed by atoms with Crippen LogP contribution in [0.15, 0.2) is 30.5 Å². The number of aliphatic hydroxyl groups is 1. The largest absolute Gasteiger partial charge is 0.483 e. The normalized spacial score (nSPS) is 20.7. The Bertz CT molecular complexity index is 1050. The van der Waals surface area contributed by atoms with Crippen molar-refractivity contribution in [1.29, 1.82) is 5.26 Å². The van der Waals surface area contributed by atoms with Gasteiger partial charge in [-0.1, -0.05) is 20.8 Å². The predicted molar refractivity (Wildman–Crippen MR) is 115 cm³/mol. The second-order valence-corrected chi connectivity index (χ2v) is 8.96. The van der Waals surface area contributed by atoms with E-state index in [-0.39, 0.29) is 48.9 Å². The van der Waals surface area contributed by atoms with Gasteiger partial charge in [-0.2, -0.15) is 10.2 Å². The molecular weight excluding hydrogens is 431 g/mol. The Morgan fingerprint density at radius 2 is 2.15 bits per heavy atom. The number of carbonyl (C=O) groups is 1. The van der Waals surface area contributed by atoms with E-state index in [1.165, 1.54) is 23.2 Å². The van der Waals surface area contributed by atoms with Crippen molar-refractivity contribution in [2.24, 2.45) is 5.41 Å². The first-order valence-corrected chi connectivity index (χ1v) is 10.5. The van der Waals surface area contributed by atoms with Gasteiger partial charge in [-0.15, -0.1) is 0 Å². The fourth-order valence-electron chi connectivity index (χ4n) is 4.07. The van der Waals surface area contributed by atoms with Gasteiger partial charge in [0.15, 0.2) is 17.4 Å². The summed E-state index contributed by atoms with van der Waals surface area (Å²) < 4.78 is 25.5. The van der Waals surface area contributed by atoms with Crippen LogP contribution in [0.5, 0.6) is 11.6 Å². The lowest BCUT2D eigenvalue weighted by atomic mass is 9.67. The van der Waals surface area contributed by atoms with Crippen LogP contribution in [0.25, 0.3) is 0 Å². The van der Waals surface area contributed by atoms with Crippen molar-refractivity contribution >= 4 is 6.09 Å². The summed E-state index contributed by atoms with van der Waals surface area (Å²) in [6.07, 6.45) is 0.786. The van der Waals surface area contributed by atoms with Crippen LogP contribution in [0.1, 0.15) is 45.0 Å². The molecule has 9 nitrogen and oxygen atoms in total. The minimum absolute atomic E-state index is 0.0251. The highest BCUT2D eigenvalue weighted by Gasteiger charge is 2.52. The fourth-order valence-corrected chi connectivity index (χ4v) is 4.07. The van der Waals surface area contributed by atoms with Gasteiger partial charge in [0, 0.05) is 31.6 Å². The van der Waals surface area contributed by atoms with Gasteiger partial charge >= 0.3 is 6.09 Å². The highest BCUT2D eigenvalue weighted by Crippen LogP contribution is 2.43. The molecule has 176 valence electrons. The number of ether oxygens (including phenoxy) is 2. The molecule has 1 aromatic carbocycles.